The van der Waals surface area contributed by atoms with Gasteiger partial charge in [-0.1, -0.05) is 61.4 Å². The van der Waals surface area contributed by atoms with E-state index in [9.17, 15) is 9.59 Å². The van der Waals surface area contributed by atoms with Gasteiger partial charge in [-0.25, -0.2) is 0 Å². The van der Waals surface area contributed by atoms with E-state index in [1.54, 1.807) is 24.0 Å². The molecule has 0 unspecified atom stereocenters. The Hall–Kier alpha value is -2.82. The van der Waals surface area contributed by atoms with Crippen LogP contribution < -0.4 is 10.1 Å². The van der Waals surface area contributed by atoms with Gasteiger partial charge in [0, 0.05) is 13.1 Å². The Morgan fingerprint density at radius 2 is 1.75 bits per heavy atom. The molecule has 5 heteroatoms. The Labute approximate surface area is 167 Å². The van der Waals surface area contributed by atoms with Gasteiger partial charge in [0.25, 0.3) is 5.91 Å². The summed E-state index contributed by atoms with van der Waals surface area (Å²) in [4.78, 5) is 27.0. The van der Waals surface area contributed by atoms with Gasteiger partial charge in [0.15, 0.2) is 6.61 Å². The molecule has 2 aromatic rings. The molecule has 28 heavy (non-hydrogen) atoms. The predicted molar refractivity (Wildman–Crippen MR) is 111 cm³/mol. The van der Waals surface area contributed by atoms with Gasteiger partial charge in [0.05, 0.1) is 0 Å². The van der Waals surface area contributed by atoms with Crippen molar-refractivity contribution in [3.8, 4) is 5.75 Å². The van der Waals surface area contributed by atoms with Crippen LogP contribution in [0.3, 0.4) is 0 Å². The smallest absolute Gasteiger partial charge is 0.261 e. The van der Waals surface area contributed by atoms with E-state index in [4.69, 9.17) is 4.74 Å². The van der Waals surface area contributed by atoms with Gasteiger partial charge >= 0.3 is 0 Å². The molecule has 150 valence electrons. The highest BCUT2D eigenvalue weighted by molar-refractivity contribution is 5.87. The van der Waals surface area contributed by atoms with Crippen molar-refractivity contribution < 1.29 is 14.3 Å². The number of hydrogen-bond donors (Lipinski definition) is 1. The van der Waals surface area contributed by atoms with E-state index in [-0.39, 0.29) is 18.4 Å². The van der Waals surface area contributed by atoms with Gasteiger partial charge in [0.2, 0.25) is 5.91 Å². The average Bonchev–Trinajstić information content (AvgIpc) is 2.72. The number of rotatable bonds is 10. The first kappa shape index (κ1) is 21.5. The standard InChI is InChI=1S/C23H30N2O3/c1-4-5-15-24-23(27)19(3)25(16-20-13-11-18(2)12-14-20)22(26)17-28-21-9-7-6-8-10-21/h6-14,19H,4-5,15-17H2,1-3H3,(H,24,27)/t19-/m1/s1. The number of carbonyl (C=O) groups is 2. The van der Waals surface area contributed by atoms with Crippen molar-refractivity contribution >= 4 is 11.8 Å². The molecule has 0 heterocycles. The summed E-state index contributed by atoms with van der Waals surface area (Å²) in [6.07, 6.45) is 1.92. The molecule has 0 aliphatic heterocycles. The second kappa shape index (κ2) is 11.1. The van der Waals surface area contributed by atoms with Crippen LogP contribution in [0.5, 0.6) is 5.75 Å². The fourth-order valence-electron chi connectivity index (χ4n) is 2.75. The van der Waals surface area contributed by atoms with Crippen LogP contribution in [-0.2, 0) is 16.1 Å². The lowest BCUT2D eigenvalue weighted by atomic mass is 10.1. The molecule has 0 saturated heterocycles. The summed E-state index contributed by atoms with van der Waals surface area (Å²) in [5.41, 5.74) is 2.13. The van der Waals surface area contributed by atoms with E-state index >= 15 is 0 Å². The molecule has 0 saturated carbocycles. The number of nitrogens with zero attached hydrogens (tertiary/aromatic N) is 1. The Bertz CT molecular complexity index is 744. The van der Waals surface area contributed by atoms with Crippen LogP contribution >= 0.6 is 0 Å². The summed E-state index contributed by atoms with van der Waals surface area (Å²) in [5.74, 6) is 0.266. The first-order valence-electron chi connectivity index (χ1n) is 9.81. The minimum absolute atomic E-state index is 0.109. The highest BCUT2D eigenvalue weighted by Crippen LogP contribution is 2.13. The second-order valence-corrected chi connectivity index (χ2v) is 6.93. The quantitative estimate of drug-likeness (QED) is 0.637. The zero-order valence-corrected chi connectivity index (χ0v) is 17.0. The molecular formula is C23H30N2O3. The third-order valence-electron chi connectivity index (χ3n) is 4.58. The number of nitrogens with one attached hydrogen (secondary N) is 1. The highest BCUT2D eigenvalue weighted by atomic mass is 16.5. The maximum atomic E-state index is 12.9. The lowest BCUT2D eigenvalue weighted by Crippen LogP contribution is -2.49. The van der Waals surface area contributed by atoms with Crippen LogP contribution in [-0.4, -0.2) is 35.9 Å². The van der Waals surface area contributed by atoms with Crippen molar-refractivity contribution in [2.24, 2.45) is 0 Å². The minimum Gasteiger partial charge on any atom is -0.484 e. The monoisotopic (exact) mass is 382 g/mol. The molecule has 2 rings (SSSR count). The first-order chi connectivity index (χ1) is 13.5. The van der Waals surface area contributed by atoms with E-state index in [0.717, 1.165) is 24.0 Å². The fraction of sp³-hybridized carbons (Fsp3) is 0.391. The van der Waals surface area contributed by atoms with Gasteiger partial charge < -0.3 is 15.0 Å². The minimum atomic E-state index is -0.579. The zero-order valence-electron chi connectivity index (χ0n) is 17.0. The van der Waals surface area contributed by atoms with E-state index in [1.807, 2.05) is 49.4 Å². The summed E-state index contributed by atoms with van der Waals surface area (Å²) in [6, 6.07) is 16.6. The van der Waals surface area contributed by atoms with Crippen LogP contribution in [0, 0.1) is 6.92 Å². The maximum Gasteiger partial charge on any atom is 0.261 e. The van der Waals surface area contributed by atoms with Crippen molar-refractivity contribution in [3.63, 3.8) is 0 Å². The largest absolute Gasteiger partial charge is 0.484 e. The summed E-state index contributed by atoms with van der Waals surface area (Å²) < 4.78 is 5.61. The van der Waals surface area contributed by atoms with Crippen molar-refractivity contribution in [1.29, 1.82) is 0 Å². The molecule has 1 atom stereocenters. The molecule has 2 amide bonds. The lowest BCUT2D eigenvalue weighted by Gasteiger charge is -2.28. The molecule has 0 aliphatic carbocycles. The molecular weight excluding hydrogens is 352 g/mol. The molecule has 5 nitrogen and oxygen atoms in total. The molecule has 0 aliphatic rings. The number of ether oxygens (including phenoxy) is 1. The number of hydrogen-bond acceptors (Lipinski definition) is 3. The molecule has 2 aromatic carbocycles. The van der Waals surface area contributed by atoms with Crippen molar-refractivity contribution in [1.82, 2.24) is 10.2 Å². The number of aryl methyl sites for hydroxylation is 1. The van der Waals surface area contributed by atoms with Gasteiger partial charge in [-0.05, 0) is 38.0 Å². The molecule has 0 aromatic heterocycles. The molecule has 0 spiro atoms. The first-order valence-corrected chi connectivity index (χ1v) is 9.81. The number of benzene rings is 2. The van der Waals surface area contributed by atoms with Crippen molar-refractivity contribution in [2.75, 3.05) is 13.2 Å². The third-order valence-corrected chi connectivity index (χ3v) is 4.58. The zero-order chi connectivity index (χ0) is 20.4. The highest BCUT2D eigenvalue weighted by Gasteiger charge is 2.26. The SMILES string of the molecule is CCCCNC(=O)[C@@H](C)N(Cc1ccc(C)cc1)C(=O)COc1ccccc1. The van der Waals surface area contributed by atoms with Crippen LogP contribution in [0.15, 0.2) is 54.6 Å². The summed E-state index contributed by atoms with van der Waals surface area (Å²) in [7, 11) is 0. The molecule has 0 bridgehead atoms. The summed E-state index contributed by atoms with van der Waals surface area (Å²) in [5, 5.41) is 2.91. The third kappa shape index (κ3) is 6.72. The number of carbonyl (C=O) groups excluding carboxylic acids is 2. The van der Waals surface area contributed by atoms with E-state index < -0.39 is 6.04 Å². The van der Waals surface area contributed by atoms with Crippen LogP contribution in [0.25, 0.3) is 0 Å². The average molecular weight is 383 g/mol. The summed E-state index contributed by atoms with van der Waals surface area (Å²) in [6.45, 7) is 6.72. The van der Waals surface area contributed by atoms with Crippen molar-refractivity contribution in [2.45, 2.75) is 46.2 Å². The normalized spacial score (nSPS) is 11.5. The molecule has 0 fully saturated rings. The Kier molecular flexibility index (Phi) is 8.53. The van der Waals surface area contributed by atoms with E-state index in [1.165, 1.54) is 0 Å². The topological polar surface area (TPSA) is 58.6 Å². The van der Waals surface area contributed by atoms with Crippen LogP contribution in [0.4, 0.5) is 0 Å². The molecule has 1 N–H and O–H groups in total. The maximum absolute atomic E-state index is 12.9. The van der Waals surface area contributed by atoms with E-state index in [0.29, 0.717) is 18.8 Å². The van der Waals surface area contributed by atoms with E-state index in [2.05, 4.69) is 12.2 Å². The Morgan fingerprint density at radius 3 is 2.39 bits per heavy atom. The lowest BCUT2D eigenvalue weighted by molar-refractivity contribution is -0.142. The van der Waals surface area contributed by atoms with Crippen molar-refractivity contribution in [3.05, 3.63) is 65.7 Å². The van der Waals surface area contributed by atoms with Gasteiger partial charge in [-0.2, -0.15) is 0 Å². The number of para-hydroxylation sites is 1. The number of amides is 2. The van der Waals surface area contributed by atoms with Gasteiger partial charge in [-0.3, -0.25) is 9.59 Å². The summed E-state index contributed by atoms with van der Waals surface area (Å²) >= 11 is 0. The Balaban J connectivity index is 2.08. The predicted octanol–water partition coefficient (Wildman–Crippen LogP) is 3.71. The van der Waals surface area contributed by atoms with Gasteiger partial charge in [0.1, 0.15) is 11.8 Å². The van der Waals surface area contributed by atoms with Gasteiger partial charge in [-0.15, -0.1) is 0 Å². The fourth-order valence-corrected chi connectivity index (χ4v) is 2.75. The Morgan fingerprint density at radius 1 is 1.07 bits per heavy atom. The second-order valence-electron chi connectivity index (χ2n) is 6.93. The molecule has 0 radical (unpaired) electrons. The van der Waals surface area contributed by atoms with Crippen LogP contribution in [0.1, 0.15) is 37.8 Å². The van der Waals surface area contributed by atoms with Crippen LogP contribution in [0.2, 0.25) is 0 Å². The number of unbranched alkanes of at least 4 members (excludes halogenated alkanes) is 1.